The van der Waals surface area contributed by atoms with E-state index in [9.17, 15) is 19.8 Å². The second-order valence-corrected chi connectivity index (χ2v) is 5.31. The van der Waals surface area contributed by atoms with Gasteiger partial charge < -0.3 is 25.0 Å². The molecule has 1 amide bonds. The van der Waals surface area contributed by atoms with Gasteiger partial charge in [-0.05, 0) is 23.3 Å². The molecular formula is C18H19NO6. The highest BCUT2D eigenvalue weighted by Gasteiger charge is 2.23. The molecule has 132 valence electrons. The SMILES string of the molecule is COC(=O)[C@H](Cc1ccc(O)c(O)c1)NC(=O)OCc1ccccc1. The first-order chi connectivity index (χ1) is 12.0. The number of nitrogens with one attached hydrogen (secondary N) is 1. The van der Waals surface area contributed by atoms with Crippen LogP contribution in [0.2, 0.25) is 0 Å². The third kappa shape index (κ3) is 5.42. The number of carbonyl (C=O) groups excluding carboxylic acids is 2. The topological polar surface area (TPSA) is 105 Å². The van der Waals surface area contributed by atoms with E-state index in [0.717, 1.165) is 5.56 Å². The lowest BCUT2D eigenvalue weighted by Crippen LogP contribution is -2.43. The van der Waals surface area contributed by atoms with Crippen molar-refractivity contribution in [1.29, 1.82) is 0 Å². The zero-order valence-corrected chi connectivity index (χ0v) is 13.6. The minimum Gasteiger partial charge on any atom is -0.504 e. The van der Waals surface area contributed by atoms with Crippen molar-refractivity contribution in [3.8, 4) is 11.5 Å². The Labute approximate surface area is 144 Å². The highest BCUT2D eigenvalue weighted by atomic mass is 16.6. The molecule has 0 fully saturated rings. The molecule has 0 bridgehead atoms. The number of benzene rings is 2. The van der Waals surface area contributed by atoms with Crippen molar-refractivity contribution in [3.05, 3.63) is 59.7 Å². The van der Waals surface area contributed by atoms with Crippen LogP contribution < -0.4 is 5.32 Å². The van der Waals surface area contributed by atoms with Crippen molar-refractivity contribution in [2.24, 2.45) is 0 Å². The van der Waals surface area contributed by atoms with Crippen LogP contribution >= 0.6 is 0 Å². The number of hydrogen-bond donors (Lipinski definition) is 3. The molecule has 0 saturated carbocycles. The maximum atomic E-state index is 11.9. The minimum absolute atomic E-state index is 0.0700. The lowest BCUT2D eigenvalue weighted by molar-refractivity contribution is -0.143. The van der Waals surface area contributed by atoms with Gasteiger partial charge in [0.2, 0.25) is 0 Å². The van der Waals surface area contributed by atoms with Crippen LogP contribution in [0.3, 0.4) is 0 Å². The van der Waals surface area contributed by atoms with Gasteiger partial charge in [-0.15, -0.1) is 0 Å². The molecule has 0 radical (unpaired) electrons. The van der Waals surface area contributed by atoms with Crippen LogP contribution in [0.4, 0.5) is 4.79 Å². The first-order valence-corrected chi connectivity index (χ1v) is 7.55. The minimum atomic E-state index is -0.989. The van der Waals surface area contributed by atoms with Gasteiger partial charge in [-0.1, -0.05) is 36.4 Å². The Kier molecular flexibility index (Phi) is 6.22. The molecule has 25 heavy (non-hydrogen) atoms. The summed E-state index contributed by atoms with van der Waals surface area (Å²) in [5.74, 6) is -1.23. The number of amides is 1. The normalized spacial score (nSPS) is 11.4. The van der Waals surface area contributed by atoms with E-state index in [4.69, 9.17) is 4.74 Å². The van der Waals surface area contributed by atoms with E-state index < -0.39 is 18.1 Å². The summed E-state index contributed by atoms with van der Waals surface area (Å²) < 4.78 is 9.77. The van der Waals surface area contributed by atoms with Crippen LogP contribution in [0, 0.1) is 0 Å². The van der Waals surface area contributed by atoms with Gasteiger partial charge in [0.1, 0.15) is 12.6 Å². The number of ether oxygens (including phenoxy) is 2. The number of hydrogen-bond acceptors (Lipinski definition) is 6. The molecule has 0 aromatic heterocycles. The molecule has 0 aliphatic rings. The highest BCUT2D eigenvalue weighted by molar-refractivity contribution is 5.81. The number of aromatic hydroxyl groups is 2. The standard InChI is InChI=1S/C18H19NO6/c1-24-17(22)14(9-13-7-8-15(20)16(21)10-13)19-18(23)25-11-12-5-3-2-4-6-12/h2-8,10,14,20-21H,9,11H2,1H3,(H,19,23)/t14-/m0/s1. The number of alkyl carbamates (subject to hydrolysis) is 1. The second-order valence-electron chi connectivity index (χ2n) is 5.31. The molecule has 2 aromatic carbocycles. The fourth-order valence-electron chi connectivity index (χ4n) is 2.17. The summed E-state index contributed by atoms with van der Waals surface area (Å²) in [5.41, 5.74) is 1.35. The Balaban J connectivity index is 1.98. The van der Waals surface area contributed by atoms with Crippen LogP contribution in [0.5, 0.6) is 11.5 Å². The zero-order valence-electron chi connectivity index (χ0n) is 13.6. The largest absolute Gasteiger partial charge is 0.504 e. The highest BCUT2D eigenvalue weighted by Crippen LogP contribution is 2.25. The summed E-state index contributed by atoms with van der Waals surface area (Å²) >= 11 is 0. The maximum Gasteiger partial charge on any atom is 0.408 e. The summed E-state index contributed by atoms with van der Waals surface area (Å²) in [6.45, 7) is 0.0700. The van der Waals surface area contributed by atoms with Crippen molar-refractivity contribution in [2.45, 2.75) is 19.1 Å². The summed E-state index contributed by atoms with van der Waals surface area (Å²) in [7, 11) is 1.21. The first-order valence-electron chi connectivity index (χ1n) is 7.55. The molecule has 0 unspecified atom stereocenters. The van der Waals surface area contributed by atoms with Gasteiger partial charge in [0.15, 0.2) is 11.5 Å². The number of phenols is 2. The van der Waals surface area contributed by atoms with Crippen LogP contribution in [-0.2, 0) is 27.3 Å². The van der Waals surface area contributed by atoms with Gasteiger partial charge in [0.05, 0.1) is 7.11 Å². The molecule has 0 heterocycles. The van der Waals surface area contributed by atoms with E-state index in [1.807, 2.05) is 30.3 Å². The first kappa shape index (κ1) is 18.1. The second kappa shape index (κ2) is 8.58. The fraction of sp³-hybridized carbons (Fsp3) is 0.222. The van der Waals surface area contributed by atoms with E-state index in [1.54, 1.807) is 0 Å². The molecule has 1 atom stereocenters. The van der Waals surface area contributed by atoms with E-state index in [1.165, 1.54) is 25.3 Å². The average Bonchev–Trinajstić information content (AvgIpc) is 2.62. The third-order valence-corrected chi connectivity index (χ3v) is 3.47. The van der Waals surface area contributed by atoms with Crippen molar-refractivity contribution < 1.29 is 29.3 Å². The number of carbonyl (C=O) groups is 2. The molecule has 0 aliphatic heterocycles. The van der Waals surface area contributed by atoms with Gasteiger partial charge >= 0.3 is 12.1 Å². The van der Waals surface area contributed by atoms with Crippen LogP contribution in [-0.4, -0.2) is 35.4 Å². The molecule has 7 nitrogen and oxygen atoms in total. The van der Waals surface area contributed by atoms with Crippen molar-refractivity contribution in [3.63, 3.8) is 0 Å². The van der Waals surface area contributed by atoms with Crippen molar-refractivity contribution >= 4 is 12.1 Å². The van der Waals surface area contributed by atoms with Crippen molar-refractivity contribution in [1.82, 2.24) is 5.32 Å². The van der Waals surface area contributed by atoms with Gasteiger partial charge in [-0.3, -0.25) is 0 Å². The lowest BCUT2D eigenvalue weighted by atomic mass is 10.1. The molecule has 7 heteroatoms. The number of phenolic OH excluding ortho intramolecular Hbond substituents is 2. The molecule has 0 saturated heterocycles. The van der Waals surface area contributed by atoms with Gasteiger partial charge in [-0.2, -0.15) is 0 Å². The zero-order chi connectivity index (χ0) is 18.2. The number of rotatable bonds is 6. The van der Waals surface area contributed by atoms with Gasteiger partial charge in [-0.25, -0.2) is 9.59 Å². The fourth-order valence-corrected chi connectivity index (χ4v) is 2.17. The Morgan fingerprint density at radius 2 is 1.76 bits per heavy atom. The Morgan fingerprint density at radius 1 is 1.04 bits per heavy atom. The Bertz CT molecular complexity index is 732. The average molecular weight is 345 g/mol. The number of methoxy groups -OCH3 is 1. The van der Waals surface area contributed by atoms with Gasteiger partial charge in [0, 0.05) is 6.42 Å². The Morgan fingerprint density at radius 3 is 2.40 bits per heavy atom. The van der Waals surface area contributed by atoms with E-state index in [0.29, 0.717) is 5.56 Å². The monoisotopic (exact) mass is 345 g/mol. The predicted octanol–water partition coefficient (Wildman–Crippen LogP) is 2.11. The molecule has 0 aliphatic carbocycles. The summed E-state index contributed by atoms with van der Waals surface area (Å²) in [6, 6.07) is 12.3. The maximum absolute atomic E-state index is 11.9. The molecule has 3 N–H and O–H groups in total. The molecule has 2 aromatic rings. The van der Waals surface area contributed by atoms with Crippen molar-refractivity contribution in [2.75, 3.05) is 7.11 Å². The summed E-state index contributed by atoms with van der Waals surface area (Å²) in [4.78, 5) is 23.8. The van der Waals surface area contributed by atoms with E-state index in [2.05, 4.69) is 10.1 Å². The molecule has 2 rings (SSSR count). The molecule has 0 spiro atoms. The summed E-state index contributed by atoms with van der Waals surface area (Å²) in [6.07, 6.45) is -0.691. The predicted molar refractivity (Wildman–Crippen MR) is 89.0 cm³/mol. The molecular weight excluding hydrogens is 326 g/mol. The van der Waals surface area contributed by atoms with Crippen LogP contribution in [0.25, 0.3) is 0 Å². The lowest BCUT2D eigenvalue weighted by Gasteiger charge is -2.17. The van der Waals surface area contributed by atoms with E-state index >= 15 is 0 Å². The Hall–Kier alpha value is -3.22. The summed E-state index contributed by atoms with van der Waals surface area (Å²) in [5, 5.41) is 21.3. The quantitative estimate of drug-likeness (QED) is 0.547. The van der Waals surface area contributed by atoms with E-state index in [-0.39, 0.29) is 24.5 Å². The third-order valence-electron chi connectivity index (χ3n) is 3.47. The smallest absolute Gasteiger partial charge is 0.408 e. The van der Waals surface area contributed by atoms with Crippen LogP contribution in [0.15, 0.2) is 48.5 Å². The number of esters is 1. The van der Waals surface area contributed by atoms with Gasteiger partial charge in [0.25, 0.3) is 0 Å². The van der Waals surface area contributed by atoms with Crippen LogP contribution in [0.1, 0.15) is 11.1 Å².